The van der Waals surface area contributed by atoms with Gasteiger partial charge in [0.15, 0.2) is 0 Å². The predicted molar refractivity (Wildman–Crippen MR) is 71.8 cm³/mol. The summed E-state index contributed by atoms with van der Waals surface area (Å²) in [7, 11) is 0. The summed E-state index contributed by atoms with van der Waals surface area (Å²) in [5.41, 5.74) is -2.27. The van der Waals surface area contributed by atoms with Gasteiger partial charge in [-0.25, -0.2) is 4.39 Å². The van der Waals surface area contributed by atoms with Gasteiger partial charge in [-0.05, 0) is 37.1 Å². The van der Waals surface area contributed by atoms with Gasteiger partial charge in [0.2, 0.25) is 0 Å². The van der Waals surface area contributed by atoms with Crippen LogP contribution >= 0.6 is 0 Å². The summed E-state index contributed by atoms with van der Waals surface area (Å²) in [5.74, 6) is -3.30. The number of piperidine rings is 1. The average molecular weight is 307 g/mol. The Morgan fingerprint density at radius 2 is 1.68 bits per heavy atom. The van der Waals surface area contributed by atoms with E-state index < -0.39 is 34.5 Å². The maximum Gasteiger partial charge on any atom is 0.312 e. The zero-order valence-electron chi connectivity index (χ0n) is 11.8. The van der Waals surface area contributed by atoms with Crippen LogP contribution in [-0.4, -0.2) is 46.0 Å². The smallest absolute Gasteiger partial charge is 0.312 e. The van der Waals surface area contributed by atoms with E-state index in [1.54, 1.807) is 0 Å². The van der Waals surface area contributed by atoms with Gasteiger partial charge in [-0.3, -0.25) is 14.4 Å². The number of carboxylic acid groups (broad SMARTS) is 2. The first-order valence-corrected chi connectivity index (χ1v) is 6.76. The lowest BCUT2D eigenvalue weighted by molar-refractivity contribution is -0.151. The highest BCUT2D eigenvalue weighted by molar-refractivity contribution is 6.00. The first kappa shape index (κ1) is 14.5. The Bertz CT molecular complexity index is 690. The molecule has 1 aliphatic carbocycles. The van der Waals surface area contributed by atoms with Crippen molar-refractivity contribution in [3.05, 3.63) is 35.1 Å². The summed E-state index contributed by atoms with van der Waals surface area (Å²) in [4.78, 5) is 36.5. The van der Waals surface area contributed by atoms with Crippen LogP contribution in [0.3, 0.4) is 0 Å². The van der Waals surface area contributed by atoms with Gasteiger partial charge in [0.05, 0.1) is 0 Å². The number of hydrogen-bond donors (Lipinski definition) is 2. The molecular weight excluding hydrogens is 293 g/mol. The molecule has 116 valence electrons. The van der Waals surface area contributed by atoms with Crippen LogP contribution in [0.25, 0.3) is 0 Å². The number of carboxylic acids is 2. The van der Waals surface area contributed by atoms with Crippen molar-refractivity contribution < 1.29 is 29.0 Å². The van der Waals surface area contributed by atoms with Gasteiger partial charge < -0.3 is 15.1 Å². The van der Waals surface area contributed by atoms with E-state index >= 15 is 0 Å². The Hall–Kier alpha value is -2.44. The molecule has 1 amide bonds. The number of carbonyl (C=O) groups is 3. The Balaban J connectivity index is 1.89. The van der Waals surface area contributed by atoms with Gasteiger partial charge in [-0.1, -0.05) is 0 Å². The third kappa shape index (κ3) is 1.68. The highest BCUT2D eigenvalue weighted by atomic mass is 19.1. The molecule has 6 nitrogen and oxygen atoms in total. The van der Waals surface area contributed by atoms with Crippen molar-refractivity contribution >= 4 is 17.8 Å². The van der Waals surface area contributed by atoms with Gasteiger partial charge in [0, 0.05) is 18.7 Å². The lowest BCUT2D eigenvalue weighted by Gasteiger charge is -2.20. The van der Waals surface area contributed by atoms with E-state index in [4.69, 9.17) is 0 Å². The minimum atomic E-state index is -1.40. The van der Waals surface area contributed by atoms with E-state index in [0.29, 0.717) is 5.56 Å². The Morgan fingerprint density at radius 1 is 1.14 bits per heavy atom. The first-order valence-electron chi connectivity index (χ1n) is 6.76. The number of nitrogens with zero attached hydrogens (tertiary/aromatic N) is 1. The second-order valence-electron chi connectivity index (χ2n) is 6.08. The number of benzene rings is 1. The second-order valence-corrected chi connectivity index (χ2v) is 6.08. The minimum Gasteiger partial charge on any atom is -0.481 e. The van der Waals surface area contributed by atoms with E-state index in [0.717, 1.165) is 0 Å². The fourth-order valence-electron chi connectivity index (χ4n) is 3.39. The summed E-state index contributed by atoms with van der Waals surface area (Å²) in [6.07, 6.45) is 0.0386. The number of aryl methyl sites for hydroxylation is 1. The fraction of sp³-hybridized carbons (Fsp3) is 0.400. The first-order chi connectivity index (χ1) is 10.2. The number of likely N-dealkylation sites (tertiary alicyclic amines) is 1. The van der Waals surface area contributed by atoms with Crippen LogP contribution in [0.4, 0.5) is 4.39 Å². The van der Waals surface area contributed by atoms with Crippen LogP contribution in [0.5, 0.6) is 0 Å². The maximum atomic E-state index is 13.3. The zero-order chi connectivity index (χ0) is 16.3. The van der Waals surface area contributed by atoms with Crippen LogP contribution in [0.2, 0.25) is 0 Å². The Morgan fingerprint density at radius 3 is 2.14 bits per heavy atom. The number of aliphatic carboxylic acids is 2. The van der Waals surface area contributed by atoms with E-state index in [9.17, 15) is 29.0 Å². The van der Waals surface area contributed by atoms with E-state index in [1.807, 2.05) is 0 Å². The summed E-state index contributed by atoms with van der Waals surface area (Å²) >= 11 is 0. The molecule has 22 heavy (non-hydrogen) atoms. The number of amides is 1. The zero-order valence-corrected chi connectivity index (χ0v) is 11.8. The van der Waals surface area contributed by atoms with Gasteiger partial charge in [-0.15, -0.1) is 0 Å². The quantitative estimate of drug-likeness (QED) is 0.873. The van der Waals surface area contributed by atoms with Crippen LogP contribution in [0, 0.1) is 23.6 Å². The third-order valence-corrected chi connectivity index (χ3v) is 4.83. The van der Waals surface area contributed by atoms with E-state index in [2.05, 4.69) is 0 Å². The second kappa shape index (κ2) is 4.28. The summed E-state index contributed by atoms with van der Waals surface area (Å²) in [6, 6.07) is 3.86. The van der Waals surface area contributed by atoms with Gasteiger partial charge >= 0.3 is 11.9 Å². The van der Waals surface area contributed by atoms with Crippen LogP contribution in [-0.2, 0) is 9.59 Å². The van der Waals surface area contributed by atoms with Crippen molar-refractivity contribution in [1.82, 2.24) is 4.90 Å². The summed E-state index contributed by atoms with van der Waals surface area (Å²) in [5, 5.41) is 18.7. The molecule has 2 fully saturated rings. The molecule has 1 saturated heterocycles. The fourth-order valence-corrected chi connectivity index (χ4v) is 3.39. The summed E-state index contributed by atoms with van der Waals surface area (Å²) in [6.45, 7) is 1.25. The molecule has 2 aliphatic rings. The molecule has 1 aliphatic heterocycles. The van der Waals surface area contributed by atoms with Gasteiger partial charge in [-0.2, -0.15) is 0 Å². The minimum absolute atomic E-state index is 0.0386. The van der Waals surface area contributed by atoms with Crippen molar-refractivity contribution in [2.24, 2.45) is 10.8 Å². The van der Waals surface area contributed by atoms with E-state index in [-0.39, 0.29) is 25.1 Å². The highest BCUT2D eigenvalue weighted by Gasteiger charge is 2.81. The number of rotatable bonds is 3. The third-order valence-electron chi connectivity index (χ3n) is 4.83. The molecule has 0 spiro atoms. The molecule has 1 aromatic rings. The molecule has 0 aromatic heterocycles. The molecule has 1 heterocycles. The maximum absolute atomic E-state index is 13.3. The standard InChI is InChI=1S/C15H14FNO5/c1-8-4-9(2-3-10(8)16)11(18)17-6-14(12(19)20)5-15(14,7-17)13(21)22/h2-4H,5-7H2,1H3,(H,19,20)(H,21,22)/t14-,15+. The highest BCUT2D eigenvalue weighted by Crippen LogP contribution is 2.68. The van der Waals surface area contributed by atoms with Gasteiger partial charge in [0.25, 0.3) is 5.91 Å². The van der Waals surface area contributed by atoms with E-state index in [1.165, 1.54) is 30.0 Å². The van der Waals surface area contributed by atoms with Crippen molar-refractivity contribution in [1.29, 1.82) is 0 Å². The molecule has 7 heteroatoms. The topological polar surface area (TPSA) is 94.9 Å². The molecule has 3 rings (SSSR count). The van der Waals surface area contributed by atoms with Crippen molar-refractivity contribution in [2.75, 3.05) is 13.1 Å². The molecule has 1 saturated carbocycles. The predicted octanol–water partition coefficient (Wildman–Crippen LogP) is 1.14. The number of hydrogen-bond acceptors (Lipinski definition) is 3. The molecular formula is C15H14FNO5. The van der Waals surface area contributed by atoms with Crippen LogP contribution in [0.1, 0.15) is 22.3 Å². The van der Waals surface area contributed by atoms with Gasteiger partial charge in [0.1, 0.15) is 16.6 Å². The van der Waals surface area contributed by atoms with Crippen molar-refractivity contribution in [3.8, 4) is 0 Å². The van der Waals surface area contributed by atoms with Crippen molar-refractivity contribution in [3.63, 3.8) is 0 Å². The summed E-state index contributed by atoms with van der Waals surface area (Å²) < 4.78 is 13.3. The lowest BCUT2D eigenvalue weighted by Crippen LogP contribution is -2.34. The molecule has 2 atom stereocenters. The SMILES string of the molecule is Cc1cc(C(=O)N2C[C@@]3(C(=O)O)C[C@@]3(C(=O)O)C2)ccc1F. The molecule has 2 N–H and O–H groups in total. The Kier molecular flexibility index (Phi) is 2.82. The lowest BCUT2D eigenvalue weighted by atomic mass is 9.97. The number of halogens is 1. The molecule has 0 unspecified atom stereocenters. The normalized spacial score (nSPS) is 29.1. The number of fused-ring (bicyclic) bond motifs is 1. The van der Waals surface area contributed by atoms with Crippen molar-refractivity contribution in [2.45, 2.75) is 13.3 Å². The molecule has 0 bridgehead atoms. The molecule has 0 radical (unpaired) electrons. The Labute approximate surface area is 125 Å². The monoisotopic (exact) mass is 307 g/mol. The average Bonchev–Trinajstić information content (AvgIpc) is 3.00. The number of carbonyl (C=O) groups excluding carboxylic acids is 1. The van der Waals surface area contributed by atoms with Crippen LogP contribution in [0.15, 0.2) is 18.2 Å². The largest absolute Gasteiger partial charge is 0.481 e. The molecule has 1 aromatic carbocycles. The van der Waals surface area contributed by atoms with Crippen LogP contribution < -0.4 is 0 Å².